The maximum Gasteiger partial charge on any atom is 0.350 e. The van der Waals surface area contributed by atoms with Gasteiger partial charge in [-0.15, -0.1) is 0 Å². The third-order valence-corrected chi connectivity index (χ3v) is 6.23. The van der Waals surface area contributed by atoms with Gasteiger partial charge in [-0.1, -0.05) is 30.3 Å². The molecule has 8 nitrogen and oxygen atoms in total. The van der Waals surface area contributed by atoms with Crippen LogP contribution in [0.25, 0.3) is 33.5 Å². The molecule has 1 N–H and O–H groups in total. The molecule has 0 atom stereocenters. The number of sulfonamides is 1. The monoisotopic (exact) mass is 443 g/mol. The Kier molecular flexibility index (Phi) is 4.50. The Balaban J connectivity index is 1.62. The van der Waals surface area contributed by atoms with E-state index in [9.17, 15) is 18.5 Å². The molecule has 0 aliphatic heterocycles. The van der Waals surface area contributed by atoms with Crippen molar-refractivity contribution in [3.05, 3.63) is 88.8 Å². The molecule has 5 aromatic rings. The second-order valence-electron chi connectivity index (χ2n) is 6.87. The van der Waals surface area contributed by atoms with Crippen molar-refractivity contribution in [2.24, 2.45) is 0 Å². The van der Waals surface area contributed by atoms with E-state index in [1.807, 2.05) is 6.07 Å². The van der Waals surface area contributed by atoms with Crippen molar-refractivity contribution < 1.29 is 17.3 Å². The summed E-state index contributed by atoms with van der Waals surface area (Å²) in [6.45, 7) is 0. The predicted octanol–water partition coefficient (Wildman–Crippen LogP) is 4.27. The van der Waals surface area contributed by atoms with Crippen LogP contribution in [0, 0.1) is 11.3 Å². The molecular formula is C23H13N3O5S. The van der Waals surface area contributed by atoms with Crippen LogP contribution in [-0.2, 0) is 10.0 Å². The summed E-state index contributed by atoms with van der Waals surface area (Å²) in [5.41, 5.74) is 0.369. The maximum atomic E-state index is 12.8. The first-order chi connectivity index (χ1) is 15.5. The summed E-state index contributed by atoms with van der Waals surface area (Å²) in [7, 11) is -3.83. The highest BCUT2D eigenvalue weighted by Gasteiger charge is 2.22. The standard InChI is InChI=1S/C23H13N3O5S/c24-13-17-16-11-10-14(26-32(28,29)15-6-2-1-3-7-15)12-20(16)31-23(27)21(17)22-25-18-8-4-5-9-19(18)30-22/h1-12,26H. The Morgan fingerprint density at radius 3 is 2.41 bits per heavy atom. The van der Waals surface area contributed by atoms with Crippen LogP contribution in [-0.4, -0.2) is 13.4 Å². The summed E-state index contributed by atoms with van der Waals surface area (Å²) in [4.78, 5) is 17.1. The molecule has 0 spiro atoms. The molecular weight excluding hydrogens is 430 g/mol. The van der Waals surface area contributed by atoms with Gasteiger partial charge in [0.25, 0.3) is 10.0 Å². The molecule has 0 aliphatic carbocycles. The molecule has 0 radical (unpaired) electrons. The van der Waals surface area contributed by atoms with Gasteiger partial charge in [0, 0.05) is 11.5 Å². The summed E-state index contributed by atoms with van der Waals surface area (Å²) in [5.74, 6) is -0.0211. The number of fused-ring (bicyclic) bond motifs is 2. The first-order valence-corrected chi connectivity index (χ1v) is 10.9. The van der Waals surface area contributed by atoms with E-state index in [0.717, 1.165) is 0 Å². The molecule has 0 saturated carbocycles. The fourth-order valence-corrected chi connectivity index (χ4v) is 4.44. The van der Waals surface area contributed by atoms with E-state index in [2.05, 4.69) is 9.71 Å². The Labute approximate surface area is 181 Å². The lowest BCUT2D eigenvalue weighted by molar-refractivity contribution is 0.553. The first kappa shape index (κ1) is 19.5. The van der Waals surface area contributed by atoms with Crippen molar-refractivity contribution in [3.63, 3.8) is 0 Å². The number of nitriles is 1. The maximum absolute atomic E-state index is 12.8. The van der Waals surface area contributed by atoms with Crippen LogP contribution in [0.4, 0.5) is 5.69 Å². The minimum absolute atomic E-state index is 0.0211. The Bertz CT molecular complexity index is 1660. The van der Waals surface area contributed by atoms with E-state index in [1.165, 1.54) is 30.3 Å². The van der Waals surface area contributed by atoms with Crippen LogP contribution in [0.15, 0.2) is 91.3 Å². The zero-order chi connectivity index (χ0) is 22.3. The number of hydrogen-bond donors (Lipinski definition) is 1. The number of oxazole rings is 1. The fourth-order valence-electron chi connectivity index (χ4n) is 3.37. The number of anilines is 1. The number of nitrogens with zero attached hydrogens (tertiary/aromatic N) is 2. The molecule has 32 heavy (non-hydrogen) atoms. The average Bonchev–Trinajstić information content (AvgIpc) is 3.22. The van der Waals surface area contributed by atoms with E-state index >= 15 is 0 Å². The second kappa shape index (κ2) is 7.37. The van der Waals surface area contributed by atoms with Crippen LogP contribution in [0.5, 0.6) is 0 Å². The van der Waals surface area contributed by atoms with Crippen LogP contribution < -0.4 is 10.3 Å². The molecule has 0 saturated heterocycles. The van der Waals surface area contributed by atoms with Crippen LogP contribution >= 0.6 is 0 Å². The van der Waals surface area contributed by atoms with Crippen molar-refractivity contribution in [1.29, 1.82) is 5.26 Å². The number of para-hydroxylation sites is 2. The third kappa shape index (κ3) is 3.29. The molecule has 156 valence electrons. The van der Waals surface area contributed by atoms with Crippen molar-refractivity contribution >= 4 is 37.8 Å². The van der Waals surface area contributed by atoms with Gasteiger partial charge in [0.2, 0.25) is 5.89 Å². The fraction of sp³-hybridized carbons (Fsp3) is 0. The summed E-state index contributed by atoms with van der Waals surface area (Å²) in [5, 5.41) is 10.1. The zero-order valence-corrected chi connectivity index (χ0v) is 17.1. The van der Waals surface area contributed by atoms with Crippen molar-refractivity contribution in [2.45, 2.75) is 4.90 Å². The largest absolute Gasteiger partial charge is 0.436 e. The van der Waals surface area contributed by atoms with Gasteiger partial charge < -0.3 is 8.83 Å². The van der Waals surface area contributed by atoms with E-state index in [1.54, 1.807) is 42.5 Å². The van der Waals surface area contributed by atoms with E-state index < -0.39 is 15.6 Å². The topological polar surface area (TPSA) is 126 Å². The minimum Gasteiger partial charge on any atom is -0.436 e. The smallest absolute Gasteiger partial charge is 0.350 e. The third-order valence-electron chi connectivity index (χ3n) is 4.83. The first-order valence-electron chi connectivity index (χ1n) is 9.41. The molecule has 9 heteroatoms. The summed E-state index contributed by atoms with van der Waals surface area (Å²) in [6.07, 6.45) is 0. The van der Waals surface area contributed by atoms with E-state index in [4.69, 9.17) is 8.83 Å². The molecule has 3 aromatic carbocycles. The SMILES string of the molecule is N#Cc1c(-c2nc3ccccc3o2)c(=O)oc2cc(NS(=O)(=O)c3ccccc3)ccc12. The highest BCUT2D eigenvalue weighted by molar-refractivity contribution is 7.92. The number of hydrogen-bond acceptors (Lipinski definition) is 7. The summed E-state index contributed by atoms with van der Waals surface area (Å²) < 4.78 is 38.7. The molecule has 2 aromatic heterocycles. The Morgan fingerprint density at radius 1 is 0.906 bits per heavy atom. The lowest BCUT2D eigenvalue weighted by Crippen LogP contribution is -2.13. The molecule has 0 fully saturated rings. The molecule has 0 unspecified atom stereocenters. The van der Waals surface area contributed by atoms with Crippen LogP contribution in [0.1, 0.15) is 5.56 Å². The summed E-state index contributed by atoms with van der Waals surface area (Å²) in [6, 6.07) is 21.2. The van der Waals surface area contributed by atoms with Gasteiger partial charge in [0.1, 0.15) is 22.7 Å². The minimum atomic E-state index is -3.83. The molecule has 0 amide bonds. The van der Waals surface area contributed by atoms with Gasteiger partial charge in [-0.05, 0) is 36.4 Å². The number of benzene rings is 3. The average molecular weight is 443 g/mol. The molecule has 5 rings (SSSR count). The number of rotatable bonds is 4. The van der Waals surface area contributed by atoms with Crippen LogP contribution in [0.2, 0.25) is 0 Å². The normalized spacial score (nSPS) is 11.5. The van der Waals surface area contributed by atoms with E-state index in [0.29, 0.717) is 16.5 Å². The second-order valence-corrected chi connectivity index (χ2v) is 8.55. The van der Waals surface area contributed by atoms with E-state index in [-0.39, 0.29) is 33.2 Å². The molecule has 0 aliphatic rings. The summed E-state index contributed by atoms with van der Waals surface area (Å²) >= 11 is 0. The quantitative estimate of drug-likeness (QED) is 0.411. The van der Waals surface area contributed by atoms with Gasteiger partial charge in [-0.3, -0.25) is 4.72 Å². The highest BCUT2D eigenvalue weighted by atomic mass is 32.2. The van der Waals surface area contributed by atoms with Gasteiger partial charge in [0.05, 0.1) is 16.1 Å². The molecule has 2 heterocycles. The lowest BCUT2D eigenvalue weighted by atomic mass is 10.1. The van der Waals surface area contributed by atoms with Crippen LogP contribution in [0.3, 0.4) is 0 Å². The van der Waals surface area contributed by atoms with Crippen molar-refractivity contribution in [2.75, 3.05) is 4.72 Å². The number of aromatic nitrogens is 1. The predicted molar refractivity (Wildman–Crippen MR) is 117 cm³/mol. The van der Waals surface area contributed by atoms with Crippen molar-refractivity contribution in [1.82, 2.24) is 4.98 Å². The van der Waals surface area contributed by atoms with Crippen molar-refractivity contribution in [3.8, 4) is 17.5 Å². The highest BCUT2D eigenvalue weighted by Crippen LogP contribution is 2.30. The van der Waals surface area contributed by atoms with Gasteiger partial charge in [-0.2, -0.15) is 5.26 Å². The Hall–Kier alpha value is -4.42. The number of nitrogens with one attached hydrogen (secondary N) is 1. The zero-order valence-electron chi connectivity index (χ0n) is 16.3. The van der Waals surface area contributed by atoms with Gasteiger partial charge in [-0.25, -0.2) is 18.2 Å². The van der Waals surface area contributed by atoms with Gasteiger partial charge in [0.15, 0.2) is 5.58 Å². The Morgan fingerprint density at radius 2 is 1.66 bits per heavy atom. The van der Waals surface area contributed by atoms with Gasteiger partial charge >= 0.3 is 5.63 Å². The lowest BCUT2D eigenvalue weighted by Gasteiger charge is -2.09. The molecule has 0 bridgehead atoms.